The Morgan fingerprint density at radius 1 is 1.21 bits per heavy atom. The van der Waals surface area contributed by atoms with E-state index in [2.05, 4.69) is 38.0 Å². The lowest BCUT2D eigenvalue weighted by atomic mass is 9.79. The minimum Gasteiger partial charge on any atom is -0.381 e. The number of nitrogens with zero attached hydrogens (tertiary/aromatic N) is 1. The zero-order chi connectivity index (χ0) is 14.1. The Bertz CT molecular complexity index is 227. The van der Waals surface area contributed by atoms with Crippen molar-refractivity contribution in [1.82, 2.24) is 10.2 Å². The van der Waals surface area contributed by atoms with Gasteiger partial charge in [0.2, 0.25) is 0 Å². The van der Waals surface area contributed by atoms with Crippen LogP contribution in [0.3, 0.4) is 0 Å². The van der Waals surface area contributed by atoms with E-state index in [1.165, 1.54) is 38.6 Å². The molecule has 1 heterocycles. The van der Waals surface area contributed by atoms with Crippen molar-refractivity contribution in [3.8, 4) is 0 Å². The summed E-state index contributed by atoms with van der Waals surface area (Å²) in [6.07, 6.45) is 6.19. The molecule has 0 spiro atoms. The zero-order valence-corrected chi connectivity index (χ0v) is 13.5. The number of nitrogens with one attached hydrogen (secondary N) is 1. The van der Waals surface area contributed by atoms with Crippen LogP contribution in [0.2, 0.25) is 0 Å². The first-order valence-electron chi connectivity index (χ1n) is 8.12. The van der Waals surface area contributed by atoms with Gasteiger partial charge in [0, 0.05) is 32.3 Å². The first kappa shape index (κ1) is 16.9. The fourth-order valence-electron chi connectivity index (χ4n) is 3.05. The summed E-state index contributed by atoms with van der Waals surface area (Å²) in [6.45, 7) is 12.2. The van der Waals surface area contributed by atoms with Gasteiger partial charge in [-0.15, -0.1) is 0 Å². The van der Waals surface area contributed by atoms with Gasteiger partial charge >= 0.3 is 0 Å². The molecule has 0 radical (unpaired) electrons. The molecule has 1 atom stereocenters. The van der Waals surface area contributed by atoms with E-state index in [4.69, 9.17) is 4.74 Å². The predicted molar refractivity (Wildman–Crippen MR) is 82.6 cm³/mol. The van der Waals surface area contributed by atoms with E-state index in [-0.39, 0.29) is 0 Å². The maximum atomic E-state index is 5.57. The summed E-state index contributed by atoms with van der Waals surface area (Å²) >= 11 is 0. The minimum atomic E-state index is 0.421. The van der Waals surface area contributed by atoms with Crippen molar-refractivity contribution in [2.24, 2.45) is 5.41 Å². The second-order valence-electron chi connectivity index (χ2n) is 6.34. The van der Waals surface area contributed by atoms with Crippen molar-refractivity contribution >= 4 is 0 Å². The Morgan fingerprint density at radius 3 is 2.47 bits per heavy atom. The summed E-state index contributed by atoms with van der Waals surface area (Å²) in [5, 5.41) is 3.64. The highest BCUT2D eigenvalue weighted by molar-refractivity contribution is 4.87. The van der Waals surface area contributed by atoms with Crippen LogP contribution >= 0.6 is 0 Å². The molecular formula is C16H34N2O. The standard InChI is InChI=1S/C16H34N2O/c1-5-7-15(3)18(4)14-16(13-17-10-6-2)8-11-19-12-9-16/h15,17H,5-14H2,1-4H3. The van der Waals surface area contributed by atoms with E-state index >= 15 is 0 Å². The van der Waals surface area contributed by atoms with E-state index < -0.39 is 0 Å². The summed E-state index contributed by atoms with van der Waals surface area (Å²) in [7, 11) is 2.29. The van der Waals surface area contributed by atoms with E-state index in [0.29, 0.717) is 11.5 Å². The molecule has 0 bridgehead atoms. The quantitative estimate of drug-likeness (QED) is 0.652. The Hall–Kier alpha value is -0.120. The molecule has 0 aromatic rings. The van der Waals surface area contributed by atoms with Gasteiger partial charge in [-0.1, -0.05) is 20.3 Å². The molecule has 1 N–H and O–H groups in total. The van der Waals surface area contributed by atoms with Gasteiger partial charge in [-0.25, -0.2) is 0 Å². The lowest BCUT2D eigenvalue weighted by Crippen LogP contribution is -2.48. The van der Waals surface area contributed by atoms with E-state index in [1.807, 2.05) is 0 Å². The maximum Gasteiger partial charge on any atom is 0.0472 e. The van der Waals surface area contributed by atoms with Gasteiger partial charge in [-0.05, 0) is 51.6 Å². The van der Waals surface area contributed by atoms with Crippen LogP contribution in [0.15, 0.2) is 0 Å². The molecule has 3 nitrogen and oxygen atoms in total. The lowest BCUT2D eigenvalue weighted by molar-refractivity contribution is -0.00605. The highest BCUT2D eigenvalue weighted by atomic mass is 16.5. The topological polar surface area (TPSA) is 24.5 Å². The van der Waals surface area contributed by atoms with Gasteiger partial charge in [0.05, 0.1) is 0 Å². The Labute approximate surface area is 120 Å². The predicted octanol–water partition coefficient (Wildman–Crippen LogP) is 2.90. The Kier molecular flexibility index (Phi) is 7.96. The summed E-state index contributed by atoms with van der Waals surface area (Å²) < 4.78 is 5.57. The molecule has 3 heteroatoms. The fourth-order valence-corrected chi connectivity index (χ4v) is 3.05. The van der Waals surface area contributed by atoms with Gasteiger partial charge in [-0.2, -0.15) is 0 Å². The fraction of sp³-hybridized carbons (Fsp3) is 1.00. The van der Waals surface area contributed by atoms with Gasteiger partial charge in [0.25, 0.3) is 0 Å². The van der Waals surface area contributed by atoms with Crippen LogP contribution in [0.1, 0.15) is 52.9 Å². The number of hydrogen-bond donors (Lipinski definition) is 1. The van der Waals surface area contributed by atoms with Crippen LogP contribution in [-0.2, 0) is 4.74 Å². The van der Waals surface area contributed by atoms with E-state index in [9.17, 15) is 0 Å². The molecule has 0 aromatic carbocycles. The summed E-state index contributed by atoms with van der Waals surface area (Å²) in [5.74, 6) is 0. The van der Waals surface area contributed by atoms with Gasteiger partial charge in [-0.3, -0.25) is 0 Å². The summed E-state index contributed by atoms with van der Waals surface area (Å²) in [5.41, 5.74) is 0.421. The third-order valence-corrected chi connectivity index (χ3v) is 4.52. The van der Waals surface area contributed by atoms with Crippen molar-refractivity contribution in [2.45, 2.75) is 58.9 Å². The van der Waals surface area contributed by atoms with Gasteiger partial charge < -0.3 is 15.0 Å². The minimum absolute atomic E-state index is 0.421. The molecule has 1 saturated heterocycles. The largest absolute Gasteiger partial charge is 0.381 e. The summed E-state index contributed by atoms with van der Waals surface area (Å²) in [6, 6.07) is 0.691. The second-order valence-corrected chi connectivity index (χ2v) is 6.34. The number of ether oxygens (including phenoxy) is 1. The van der Waals surface area contributed by atoms with E-state index in [1.54, 1.807) is 0 Å². The molecule has 1 unspecified atom stereocenters. The van der Waals surface area contributed by atoms with Crippen LogP contribution in [0, 0.1) is 5.41 Å². The number of rotatable bonds is 9. The third-order valence-electron chi connectivity index (χ3n) is 4.52. The molecule has 0 saturated carbocycles. The Balaban J connectivity index is 2.52. The molecule has 1 fully saturated rings. The highest BCUT2D eigenvalue weighted by Crippen LogP contribution is 2.31. The van der Waals surface area contributed by atoms with Crippen LogP contribution < -0.4 is 5.32 Å². The molecule has 1 rings (SSSR count). The molecule has 0 amide bonds. The monoisotopic (exact) mass is 270 g/mol. The zero-order valence-electron chi connectivity index (χ0n) is 13.5. The maximum absolute atomic E-state index is 5.57. The van der Waals surface area contributed by atoms with Crippen molar-refractivity contribution < 1.29 is 4.74 Å². The average molecular weight is 270 g/mol. The molecule has 114 valence electrons. The summed E-state index contributed by atoms with van der Waals surface area (Å²) in [4.78, 5) is 2.56. The second kappa shape index (κ2) is 8.93. The molecule has 1 aliphatic rings. The smallest absolute Gasteiger partial charge is 0.0472 e. The van der Waals surface area contributed by atoms with Crippen molar-refractivity contribution in [3.05, 3.63) is 0 Å². The normalized spacial score (nSPS) is 20.7. The highest BCUT2D eigenvalue weighted by Gasteiger charge is 2.34. The molecule has 19 heavy (non-hydrogen) atoms. The molecular weight excluding hydrogens is 236 g/mol. The molecule has 1 aliphatic heterocycles. The third kappa shape index (κ3) is 5.80. The average Bonchev–Trinajstić information content (AvgIpc) is 2.40. The number of hydrogen-bond acceptors (Lipinski definition) is 3. The van der Waals surface area contributed by atoms with E-state index in [0.717, 1.165) is 26.3 Å². The first-order valence-corrected chi connectivity index (χ1v) is 8.12. The lowest BCUT2D eigenvalue weighted by Gasteiger charge is -2.42. The molecule has 0 aromatic heterocycles. The van der Waals surface area contributed by atoms with Gasteiger partial charge in [0.15, 0.2) is 0 Å². The molecule has 0 aliphatic carbocycles. The first-order chi connectivity index (χ1) is 9.13. The Morgan fingerprint density at radius 2 is 1.89 bits per heavy atom. The van der Waals surface area contributed by atoms with Crippen LogP contribution in [-0.4, -0.2) is 50.8 Å². The van der Waals surface area contributed by atoms with Crippen LogP contribution in [0.4, 0.5) is 0 Å². The SMILES string of the molecule is CCCNCC1(CN(C)C(C)CCC)CCOCC1. The van der Waals surface area contributed by atoms with Gasteiger partial charge in [0.1, 0.15) is 0 Å². The van der Waals surface area contributed by atoms with Crippen molar-refractivity contribution in [1.29, 1.82) is 0 Å². The van der Waals surface area contributed by atoms with Crippen molar-refractivity contribution in [2.75, 3.05) is 39.9 Å². The van der Waals surface area contributed by atoms with Crippen LogP contribution in [0.5, 0.6) is 0 Å². The van der Waals surface area contributed by atoms with Crippen molar-refractivity contribution in [3.63, 3.8) is 0 Å². The van der Waals surface area contributed by atoms with Crippen LogP contribution in [0.25, 0.3) is 0 Å².